The summed E-state index contributed by atoms with van der Waals surface area (Å²) in [6.45, 7) is 3.00. The summed E-state index contributed by atoms with van der Waals surface area (Å²) in [6.07, 6.45) is 4.11. The van der Waals surface area contributed by atoms with E-state index in [0.717, 1.165) is 31.7 Å². The second-order valence-electron chi connectivity index (χ2n) is 7.55. The smallest absolute Gasteiger partial charge is 0.281 e. The average molecular weight is 368 g/mol. The topological polar surface area (TPSA) is 60.0 Å². The molecule has 3 aliphatic rings. The lowest BCUT2D eigenvalue weighted by Crippen LogP contribution is -2.45. The SMILES string of the molecule is CN(C)c1ccc(CN2C[C@@H]3CC[C@H]2CN(S(=O)(=O)N(C)C)C3)cn1. The molecule has 25 heavy (non-hydrogen) atoms. The third-order valence-corrected chi connectivity index (χ3v) is 7.11. The van der Waals surface area contributed by atoms with Gasteiger partial charge in [0.2, 0.25) is 0 Å². The molecule has 1 aromatic heterocycles. The van der Waals surface area contributed by atoms with Gasteiger partial charge in [-0.3, -0.25) is 4.90 Å². The molecule has 8 heteroatoms. The predicted octanol–water partition coefficient (Wildman–Crippen LogP) is 0.850. The highest BCUT2D eigenvalue weighted by Gasteiger charge is 2.39. The first kappa shape index (κ1) is 18.6. The van der Waals surface area contributed by atoms with Crippen molar-refractivity contribution in [3.8, 4) is 0 Å². The first-order chi connectivity index (χ1) is 11.8. The molecular formula is C17H29N5O2S. The molecule has 0 amide bonds. The van der Waals surface area contributed by atoms with Gasteiger partial charge in [-0.05, 0) is 30.4 Å². The standard InChI is InChI=1S/C17H29N5O2S/c1-19(2)17-8-6-14(9-18-17)10-21-11-15-5-7-16(21)13-22(12-15)25(23,24)20(3)4/h6,8-9,15-16H,5,7,10-13H2,1-4H3/t15-,16-/m0/s1. The minimum Gasteiger partial charge on any atom is -0.363 e. The zero-order valence-electron chi connectivity index (χ0n) is 15.6. The molecule has 2 bridgehead atoms. The Morgan fingerprint density at radius 3 is 2.48 bits per heavy atom. The van der Waals surface area contributed by atoms with Crippen LogP contribution in [0, 0.1) is 5.92 Å². The summed E-state index contributed by atoms with van der Waals surface area (Å²) in [5.74, 6) is 1.35. The lowest BCUT2D eigenvalue weighted by atomic mass is 9.94. The highest BCUT2D eigenvalue weighted by atomic mass is 32.2. The van der Waals surface area contributed by atoms with Crippen molar-refractivity contribution < 1.29 is 8.42 Å². The molecule has 3 aliphatic heterocycles. The lowest BCUT2D eigenvalue weighted by Gasteiger charge is -2.36. The van der Waals surface area contributed by atoms with Crippen molar-refractivity contribution in [1.82, 2.24) is 18.5 Å². The van der Waals surface area contributed by atoms with Gasteiger partial charge in [-0.2, -0.15) is 17.0 Å². The fourth-order valence-corrected chi connectivity index (χ4v) is 4.98. The largest absolute Gasteiger partial charge is 0.363 e. The van der Waals surface area contributed by atoms with Crippen LogP contribution in [-0.2, 0) is 16.8 Å². The first-order valence-corrected chi connectivity index (χ1v) is 10.2. The van der Waals surface area contributed by atoms with Crippen LogP contribution in [0.1, 0.15) is 18.4 Å². The van der Waals surface area contributed by atoms with Crippen LogP contribution in [0.3, 0.4) is 0 Å². The van der Waals surface area contributed by atoms with Gasteiger partial charge in [0.25, 0.3) is 10.2 Å². The van der Waals surface area contributed by atoms with Gasteiger partial charge in [-0.15, -0.1) is 0 Å². The van der Waals surface area contributed by atoms with Crippen LogP contribution in [0.15, 0.2) is 18.3 Å². The molecule has 0 aliphatic carbocycles. The molecule has 3 fully saturated rings. The Hall–Kier alpha value is -1.22. The zero-order valence-corrected chi connectivity index (χ0v) is 16.4. The normalized spacial score (nSPS) is 25.3. The summed E-state index contributed by atoms with van der Waals surface area (Å²) in [6, 6.07) is 4.44. The highest BCUT2D eigenvalue weighted by Crippen LogP contribution is 2.30. The molecule has 0 unspecified atom stereocenters. The summed E-state index contributed by atoms with van der Waals surface area (Å²) in [7, 11) is 3.84. The highest BCUT2D eigenvalue weighted by molar-refractivity contribution is 7.86. The fourth-order valence-electron chi connectivity index (χ4n) is 3.76. The fraction of sp³-hybridized carbons (Fsp3) is 0.706. The number of aromatic nitrogens is 1. The number of nitrogens with zero attached hydrogens (tertiary/aromatic N) is 5. The van der Waals surface area contributed by atoms with Crippen molar-refractivity contribution in [3.05, 3.63) is 23.9 Å². The maximum absolute atomic E-state index is 12.5. The Morgan fingerprint density at radius 2 is 1.88 bits per heavy atom. The number of anilines is 1. The summed E-state index contributed by atoms with van der Waals surface area (Å²) in [5.41, 5.74) is 1.18. The van der Waals surface area contributed by atoms with Gasteiger partial charge in [-0.25, -0.2) is 4.98 Å². The number of hydrogen-bond donors (Lipinski definition) is 0. The second-order valence-corrected chi connectivity index (χ2v) is 9.70. The van der Waals surface area contributed by atoms with Crippen LogP contribution in [-0.4, -0.2) is 80.8 Å². The first-order valence-electron chi connectivity index (χ1n) is 8.81. The van der Waals surface area contributed by atoms with Crippen LogP contribution in [0.5, 0.6) is 0 Å². The van der Waals surface area contributed by atoms with Crippen LogP contribution >= 0.6 is 0 Å². The molecule has 2 atom stereocenters. The van der Waals surface area contributed by atoms with E-state index < -0.39 is 10.2 Å². The number of piperidine rings is 1. The van der Waals surface area contributed by atoms with Crippen LogP contribution in [0.2, 0.25) is 0 Å². The number of fused-ring (bicyclic) bond motifs is 4. The molecule has 4 rings (SSSR count). The van der Waals surface area contributed by atoms with Gasteiger partial charge in [0.15, 0.2) is 0 Å². The maximum atomic E-state index is 12.5. The molecule has 0 spiro atoms. The predicted molar refractivity (Wildman–Crippen MR) is 99.7 cm³/mol. The molecule has 140 valence electrons. The van der Waals surface area contributed by atoms with Crippen molar-refractivity contribution in [2.24, 2.45) is 5.92 Å². The quantitative estimate of drug-likeness (QED) is 0.772. The van der Waals surface area contributed by atoms with E-state index in [1.54, 1.807) is 18.4 Å². The Bertz CT molecular complexity index is 689. The monoisotopic (exact) mass is 367 g/mol. The van der Waals surface area contributed by atoms with E-state index in [9.17, 15) is 8.42 Å². The molecule has 7 nitrogen and oxygen atoms in total. The Kier molecular flexibility index (Phi) is 5.34. The van der Waals surface area contributed by atoms with Crippen molar-refractivity contribution in [1.29, 1.82) is 0 Å². The van der Waals surface area contributed by atoms with E-state index in [-0.39, 0.29) is 6.04 Å². The van der Waals surface area contributed by atoms with E-state index in [1.807, 2.05) is 31.3 Å². The molecule has 0 N–H and O–H groups in total. The zero-order chi connectivity index (χ0) is 18.2. The van der Waals surface area contributed by atoms with Gasteiger partial charge in [0.1, 0.15) is 5.82 Å². The average Bonchev–Trinajstić information content (AvgIpc) is 2.87. The van der Waals surface area contributed by atoms with Crippen LogP contribution in [0.4, 0.5) is 5.82 Å². The van der Waals surface area contributed by atoms with Crippen LogP contribution in [0.25, 0.3) is 0 Å². The van der Waals surface area contributed by atoms with Crippen molar-refractivity contribution in [2.45, 2.75) is 25.4 Å². The van der Waals surface area contributed by atoms with Gasteiger partial charge in [0, 0.05) is 66.6 Å². The maximum Gasteiger partial charge on any atom is 0.281 e. The second kappa shape index (κ2) is 7.19. The molecule has 1 aromatic rings. The van der Waals surface area contributed by atoms with E-state index in [0.29, 0.717) is 19.0 Å². The Morgan fingerprint density at radius 1 is 1.12 bits per heavy atom. The van der Waals surface area contributed by atoms with Gasteiger partial charge < -0.3 is 4.90 Å². The molecule has 4 heterocycles. The lowest BCUT2D eigenvalue weighted by molar-refractivity contribution is 0.125. The number of pyridine rings is 1. The van der Waals surface area contributed by atoms with E-state index in [4.69, 9.17) is 0 Å². The molecular weight excluding hydrogens is 338 g/mol. The van der Waals surface area contributed by atoms with E-state index in [2.05, 4.69) is 16.0 Å². The third kappa shape index (κ3) is 3.97. The molecule has 0 radical (unpaired) electrons. The minimum absolute atomic E-state index is 0.280. The van der Waals surface area contributed by atoms with Crippen molar-refractivity contribution in [3.63, 3.8) is 0 Å². The van der Waals surface area contributed by atoms with Gasteiger partial charge in [-0.1, -0.05) is 6.07 Å². The third-order valence-electron chi connectivity index (χ3n) is 5.23. The van der Waals surface area contributed by atoms with E-state index in [1.165, 1.54) is 9.87 Å². The van der Waals surface area contributed by atoms with E-state index >= 15 is 0 Å². The molecule has 0 aromatic carbocycles. The van der Waals surface area contributed by atoms with Crippen molar-refractivity contribution >= 4 is 16.0 Å². The van der Waals surface area contributed by atoms with Gasteiger partial charge >= 0.3 is 0 Å². The number of rotatable bonds is 5. The summed E-state index contributed by atoms with van der Waals surface area (Å²) in [4.78, 5) is 8.92. The summed E-state index contributed by atoms with van der Waals surface area (Å²) < 4.78 is 28.1. The number of hydrogen-bond acceptors (Lipinski definition) is 5. The van der Waals surface area contributed by atoms with Crippen LogP contribution < -0.4 is 4.90 Å². The summed E-state index contributed by atoms with van der Waals surface area (Å²) in [5, 5.41) is 0. The minimum atomic E-state index is -3.34. The van der Waals surface area contributed by atoms with Gasteiger partial charge in [0.05, 0.1) is 0 Å². The summed E-state index contributed by atoms with van der Waals surface area (Å²) >= 11 is 0. The molecule has 0 saturated carbocycles. The van der Waals surface area contributed by atoms with Crippen molar-refractivity contribution in [2.75, 3.05) is 52.7 Å². The Balaban J connectivity index is 1.72. The molecule has 3 saturated heterocycles. The Labute approximate surface area is 151 Å².